The van der Waals surface area contributed by atoms with E-state index in [2.05, 4.69) is 10.1 Å². The number of methoxy groups -OCH3 is 1. The van der Waals surface area contributed by atoms with Crippen LogP contribution in [0.4, 0.5) is 13.2 Å². The molecule has 0 amide bonds. The molecule has 16 heavy (non-hydrogen) atoms. The van der Waals surface area contributed by atoms with E-state index < -0.39 is 24.2 Å². The molecule has 2 atom stereocenters. The zero-order valence-corrected chi connectivity index (χ0v) is 9.87. The smallest absolute Gasteiger partial charge is 0.401 e. The van der Waals surface area contributed by atoms with Crippen molar-refractivity contribution >= 4 is 17.7 Å². The Morgan fingerprint density at radius 2 is 2.25 bits per heavy atom. The number of alkyl halides is 3. The van der Waals surface area contributed by atoms with Crippen molar-refractivity contribution in [2.45, 2.75) is 30.3 Å². The lowest BCUT2D eigenvalue weighted by molar-refractivity contribution is -0.152. The molecule has 3 nitrogen and oxygen atoms in total. The number of carbonyl (C=O) groups excluding carboxylic acids is 1. The molecule has 1 aliphatic rings. The third-order valence-electron chi connectivity index (χ3n) is 2.45. The number of esters is 1. The zero-order chi connectivity index (χ0) is 12.4. The van der Waals surface area contributed by atoms with E-state index in [1.54, 1.807) is 0 Å². The highest BCUT2D eigenvalue weighted by Crippen LogP contribution is 2.35. The minimum Gasteiger partial charge on any atom is -0.468 e. The Morgan fingerprint density at radius 3 is 2.62 bits per heavy atom. The highest BCUT2D eigenvalue weighted by molar-refractivity contribution is 8.00. The number of rotatable bonds is 3. The largest absolute Gasteiger partial charge is 0.468 e. The Balaban J connectivity index is 2.69. The number of hydrogen-bond acceptors (Lipinski definition) is 4. The number of thioether (sulfide) groups is 1. The van der Waals surface area contributed by atoms with Crippen LogP contribution in [0.3, 0.4) is 0 Å². The van der Waals surface area contributed by atoms with E-state index >= 15 is 0 Å². The van der Waals surface area contributed by atoms with Gasteiger partial charge in [0.1, 0.15) is 5.54 Å². The van der Waals surface area contributed by atoms with E-state index in [4.69, 9.17) is 0 Å². The number of halogens is 3. The molecular formula is C9H14F3NO2S. The van der Waals surface area contributed by atoms with E-state index in [0.29, 0.717) is 12.2 Å². The fourth-order valence-electron chi connectivity index (χ4n) is 1.70. The van der Waals surface area contributed by atoms with Gasteiger partial charge in [0.25, 0.3) is 0 Å². The van der Waals surface area contributed by atoms with Gasteiger partial charge in [-0.25, -0.2) is 0 Å². The molecule has 0 radical (unpaired) electrons. The summed E-state index contributed by atoms with van der Waals surface area (Å²) in [6.45, 7) is 0.708. The van der Waals surface area contributed by atoms with Gasteiger partial charge in [-0.15, -0.1) is 0 Å². The van der Waals surface area contributed by atoms with Crippen LogP contribution in [0, 0.1) is 0 Å². The van der Waals surface area contributed by atoms with Gasteiger partial charge in [0.05, 0.1) is 13.7 Å². The quantitative estimate of drug-likeness (QED) is 0.779. The first-order valence-corrected chi connectivity index (χ1v) is 5.86. The molecule has 0 aromatic rings. The van der Waals surface area contributed by atoms with Crippen LogP contribution in [0.25, 0.3) is 0 Å². The molecule has 1 heterocycles. The summed E-state index contributed by atoms with van der Waals surface area (Å²) in [7, 11) is 1.19. The van der Waals surface area contributed by atoms with Crippen molar-refractivity contribution in [1.82, 2.24) is 5.32 Å². The standard InChI is InChI=1S/C9H14F3NO2S/c1-6-3-8(5-16-6,7(14)15-2)13-4-9(10,11)12/h6,13H,3-5H2,1-2H3. The molecule has 0 aromatic carbocycles. The van der Waals surface area contributed by atoms with E-state index in [1.807, 2.05) is 6.92 Å². The minimum atomic E-state index is -4.32. The second-order valence-electron chi connectivity index (χ2n) is 3.87. The van der Waals surface area contributed by atoms with Crippen LogP contribution < -0.4 is 5.32 Å². The molecule has 0 aliphatic carbocycles. The van der Waals surface area contributed by atoms with Gasteiger partial charge in [0.15, 0.2) is 0 Å². The maximum atomic E-state index is 12.1. The maximum Gasteiger partial charge on any atom is 0.401 e. The Hall–Kier alpha value is -0.430. The first-order valence-electron chi connectivity index (χ1n) is 4.81. The molecule has 0 bridgehead atoms. The highest BCUT2D eigenvalue weighted by atomic mass is 32.2. The van der Waals surface area contributed by atoms with Crippen LogP contribution in [-0.2, 0) is 9.53 Å². The van der Waals surface area contributed by atoms with E-state index in [9.17, 15) is 18.0 Å². The fourth-order valence-corrected chi connectivity index (χ4v) is 3.00. The third-order valence-corrected chi connectivity index (χ3v) is 3.85. The fraction of sp³-hybridized carbons (Fsp3) is 0.889. The van der Waals surface area contributed by atoms with Crippen molar-refractivity contribution in [1.29, 1.82) is 0 Å². The number of carbonyl (C=O) groups is 1. The molecule has 0 spiro atoms. The lowest BCUT2D eigenvalue weighted by Gasteiger charge is -2.27. The van der Waals surface area contributed by atoms with Crippen LogP contribution in [0.5, 0.6) is 0 Å². The van der Waals surface area contributed by atoms with Crippen LogP contribution in [-0.4, -0.2) is 42.3 Å². The lowest BCUT2D eigenvalue weighted by atomic mass is 9.96. The first-order chi connectivity index (χ1) is 7.29. The number of nitrogens with one attached hydrogen (secondary N) is 1. The highest BCUT2D eigenvalue weighted by Gasteiger charge is 2.47. The van der Waals surface area contributed by atoms with Crippen molar-refractivity contribution in [3.05, 3.63) is 0 Å². The SMILES string of the molecule is COC(=O)C1(NCC(F)(F)F)CSC(C)C1. The topological polar surface area (TPSA) is 38.3 Å². The van der Waals surface area contributed by atoms with Gasteiger partial charge in [-0.3, -0.25) is 10.1 Å². The number of hydrogen-bond donors (Lipinski definition) is 1. The summed E-state index contributed by atoms with van der Waals surface area (Å²) < 4.78 is 40.9. The molecule has 0 saturated carbocycles. The molecule has 2 unspecified atom stereocenters. The van der Waals surface area contributed by atoms with E-state index in [0.717, 1.165) is 0 Å². The van der Waals surface area contributed by atoms with Crippen LogP contribution in [0.15, 0.2) is 0 Å². The molecule has 1 aliphatic heterocycles. The van der Waals surface area contributed by atoms with E-state index in [1.165, 1.54) is 18.9 Å². The Kier molecular flexibility index (Phi) is 4.12. The summed E-state index contributed by atoms with van der Waals surface area (Å²) in [5.74, 6) is -0.301. The Morgan fingerprint density at radius 1 is 1.62 bits per heavy atom. The summed E-state index contributed by atoms with van der Waals surface area (Å²) in [5, 5.41) is 2.45. The molecule has 94 valence electrons. The van der Waals surface area contributed by atoms with Gasteiger partial charge in [-0.05, 0) is 6.42 Å². The van der Waals surface area contributed by atoms with Crippen molar-refractivity contribution in [2.24, 2.45) is 0 Å². The van der Waals surface area contributed by atoms with Crippen molar-refractivity contribution in [3.8, 4) is 0 Å². The van der Waals surface area contributed by atoms with Gasteiger partial charge in [-0.2, -0.15) is 24.9 Å². The second kappa shape index (κ2) is 4.83. The van der Waals surface area contributed by atoms with Crippen LogP contribution in [0.1, 0.15) is 13.3 Å². The molecule has 1 rings (SSSR count). The Labute approximate surface area is 96.1 Å². The van der Waals surface area contributed by atoms with E-state index in [-0.39, 0.29) is 5.25 Å². The zero-order valence-electron chi connectivity index (χ0n) is 9.06. The maximum absolute atomic E-state index is 12.1. The summed E-state index contributed by atoms with van der Waals surface area (Å²) in [6.07, 6.45) is -3.96. The molecule has 1 fully saturated rings. The van der Waals surface area contributed by atoms with Gasteiger partial charge in [0.2, 0.25) is 0 Å². The summed E-state index contributed by atoms with van der Waals surface area (Å²) in [6, 6.07) is 0. The van der Waals surface area contributed by atoms with Gasteiger partial charge < -0.3 is 4.74 Å². The summed E-state index contributed by atoms with van der Waals surface area (Å²) >= 11 is 1.47. The van der Waals surface area contributed by atoms with Gasteiger partial charge in [-0.1, -0.05) is 6.92 Å². The third kappa shape index (κ3) is 3.28. The molecule has 1 N–H and O–H groups in total. The number of ether oxygens (including phenoxy) is 1. The van der Waals surface area contributed by atoms with Crippen molar-refractivity contribution in [2.75, 3.05) is 19.4 Å². The van der Waals surface area contributed by atoms with Crippen LogP contribution in [0.2, 0.25) is 0 Å². The van der Waals surface area contributed by atoms with Gasteiger partial charge >= 0.3 is 12.1 Å². The predicted molar refractivity (Wildman–Crippen MR) is 55.3 cm³/mol. The summed E-state index contributed by atoms with van der Waals surface area (Å²) in [4.78, 5) is 11.5. The minimum absolute atomic E-state index is 0.153. The second-order valence-corrected chi connectivity index (χ2v) is 5.29. The van der Waals surface area contributed by atoms with Gasteiger partial charge in [0, 0.05) is 11.0 Å². The Bertz CT molecular complexity index is 272. The first kappa shape index (κ1) is 13.6. The normalized spacial score (nSPS) is 30.4. The molecule has 1 saturated heterocycles. The van der Waals surface area contributed by atoms with Crippen LogP contribution >= 0.6 is 11.8 Å². The summed E-state index contributed by atoms with van der Waals surface area (Å²) in [5.41, 5.74) is -1.19. The monoisotopic (exact) mass is 257 g/mol. The predicted octanol–water partition coefficient (Wildman–Crippen LogP) is 1.58. The average Bonchev–Trinajstić information content (AvgIpc) is 2.56. The molecular weight excluding hydrogens is 243 g/mol. The molecule has 0 aromatic heterocycles. The van der Waals surface area contributed by atoms with Crippen molar-refractivity contribution < 1.29 is 22.7 Å². The van der Waals surface area contributed by atoms with Crippen molar-refractivity contribution in [3.63, 3.8) is 0 Å². The average molecular weight is 257 g/mol. The lowest BCUT2D eigenvalue weighted by Crippen LogP contribution is -2.55. The molecule has 7 heteroatoms.